The number of anilines is 1. The molecule has 0 saturated heterocycles. The highest BCUT2D eigenvalue weighted by atomic mass is 19.1. The number of ether oxygens (including phenoxy) is 1. The topological polar surface area (TPSA) is 110 Å². The standard InChI is InChI=1S/C15H14FN3O5/c1-9(14(22)17-11-5-3-2-4-10(11)16)24-13(21)8-19-7-6-12(20)18-15(19)23/h2-7,9H,8H2,1H3,(H,17,22)(H,18,20,23)/t9-/m1/s1. The first-order valence-electron chi connectivity index (χ1n) is 6.91. The van der Waals surface area contributed by atoms with Gasteiger partial charge in [-0.25, -0.2) is 9.18 Å². The molecular weight excluding hydrogens is 321 g/mol. The number of hydrogen-bond acceptors (Lipinski definition) is 5. The molecule has 1 heterocycles. The summed E-state index contributed by atoms with van der Waals surface area (Å²) in [5, 5.41) is 2.29. The third-order valence-electron chi connectivity index (χ3n) is 3.01. The molecule has 0 aliphatic rings. The van der Waals surface area contributed by atoms with E-state index < -0.39 is 41.6 Å². The van der Waals surface area contributed by atoms with Crippen LogP contribution in [-0.4, -0.2) is 27.5 Å². The van der Waals surface area contributed by atoms with Crippen molar-refractivity contribution in [3.05, 3.63) is 63.2 Å². The van der Waals surface area contributed by atoms with Crippen molar-refractivity contribution >= 4 is 17.6 Å². The number of nitrogens with one attached hydrogen (secondary N) is 2. The zero-order valence-electron chi connectivity index (χ0n) is 12.6. The third-order valence-corrected chi connectivity index (χ3v) is 3.01. The molecule has 0 aliphatic carbocycles. The zero-order chi connectivity index (χ0) is 17.7. The van der Waals surface area contributed by atoms with Gasteiger partial charge in [0, 0.05) is 12.3 Å². The van der Waals surface area contributed by atoms with Crippen LogP contribution in [-0.2, 0) is 20.9 Å². The van der Waals surface area contributed by atoms with Crippen molar-refractivity contribution in [3.8, 4) is 0 Å². The molecule has 0 bridgehead atoms. The van der Waals surface area contributed by atoms with Crippen molar-refractivity contribution in [3.63, 3.8) is 0 Å². The van der Waals surface area contributed by atoms with E-state index in [1.807, 2.05) is 4.98 Å². The van der Waals surface area contributed by atoms with Crippen molar-refractivity contribution in [1.82, 2.24) is 9.55 Å². The highest BCUT2D eigenvalue weighted by molar-refractivity contribution is 5.95. The Morgan fingerprint density at radius 1 is 1.29 bits per heavy atom. The number of esters is 1. The molecule has 0 spiro atoms. The molecule has 8 nitrogen and oxygen atoms in total. The molecule has 0 unspecified atom stereocenters. The quantitative estimate of drug-likeness (QED) is 0.761. The summed E-state index contributed by atoms with van der Waals surface area (Å²) in [4.78, 5) is 48.0. The number of halogens is 1. The van der Waals surface area contributed by atoms with Crippen LogP contribution in [0.1, 0.15) is 6.92 Å². The van der Waals surface area contributed by atoms with E-state index >= 15 is 0 Å². The molecule has 0 saturated carbocycles. The minimum atomic E-state index is -1.20. The normalized spacial score (nSPS) is 11.6. The van der Waals surface area contributed by atoms with Gasteiger partial charge in [-0.2, -0.15) is 0 Å². The summed E-state index contributed by atoms with van der Waals surface area (Å²) in [6.07, 6.45) is -0.0671. The van der Waals surface area contributed by atoms with Gasteiger partial charge in [0.1, 0.15) is 12.4 Å². The first-order valence-corrected chi connectivity index (χ1v) is 6.91. The number of aromatic amines is 1. The van der Waals surface area contributed by atoms with Crippen LogP contribution in [0.5, 0.6) is 0 Å². The molecular formula is C15H14FN3O5. The van der Waals surface area contributed by atoms with Crippen LogP contribution in [0.25, 0.3) is 0 Å². The summed E-state index contributed by atoms with van der Waals surface area (Å²) in [6, 6.07) is 6.62. The number of carbonyl (C=O) groups is 2. The van der Waals surface area contributed by atoms with Crippen LogP contribution in [0.2, 0.25) is 0 Å². The Labute approximate surface area is 134 Å². The SMILES string of the molecule is C[C@@H](OC(=O)Cn1ccc(=O)[nH]c1=O)C(=O)Nc1ccccc1F. The highest BCUT2D eigenvalue weighted by Gasteiger charge is 2.19. The van der Waals surface area contributed by atoms with E-state index in [9.17, 15) is 23.6 Å². The number of benzene rings is 1. The molecule has 24 heavy (non-hydrogen) atoms. The van der Waals surface area contributed by atoms with E-state index in [1.54, 1.807) is 0 Å². The maximum atomic E-state index is 13.5. The summed E-state index contributed by atoms with van der Waals surface area (Å²) in [5.41, 5.74) is -1.41. The Kier molecular flexibility index (Phi) is 5.25. The van der Waals surface area contributed by atoms with Crippen molar-refractivity contribution in [2.45, 2.75) is 19.6 Å². The van der Waals surface area contributed by atoms with E-state index in [4.69, 9.17) is 4.74 Å². The van der Waals surface area contributed by atoms with Crippen molar-refractivity contribution in [2.75, 3.05) is 5.32 Å². The van der Waals surface area contributed by atoms with E-state index in [1.165, 1.54) is 31.2 Å². The van der Waals surface area contributed by atoms with Gasteiger partial charge in [0.25, 0.3) is 11.5 Å². The van der Waals surface area contributed by atoms with Gasteiger partial charge >= 0.3 is 11.7 Å². The second-order valence-electron chi connectivity index (χ2n) is 4.84. The second kappa shape index (κ2) is 7.36. The van der Waals surface area contributed by atoms with Crippen LogP contribution >= 0.6 is 0 Å². The number of H-pyrrole nitrogens is 1. The summed E-state index contributed by atoms with van der Waals surface area (Å²) >= 11 is 0. The lowest BCUT2D eigenvalue weighted by molar-refractivity contribution is -0.153. The van der Waals surface area contributed by atoms with E-state index in [0.29, 0.717) is 0 Å². The predicted molar refractivity (Wildman–Crippen MR) is 81.9 cm³/mol. The van der Waals surface area contributed by atoms with Crippen LogP contribution in [0.15, 0.2) is 46.1 Å². The van der Waals surface area contributed by atoms with Gasteiger partial charge in [0.2, 0.25) is 0 Å². The Balaban J connectivity index is 1.95. The molecule has 0 fully saturated rings. The minimum Gasteiger partial charge on any atom is -0.451 e. The molecule has 2 rings (SSSR count). The fourth-order valence-corrected chi connectivity index (χ4v) is 1.79. The van der Waals surface area contributed by atoms with E-state index in [2.05, 4.69) is 5.32 Å². The van der Waals surface area contributed by atoms with Gasteiger partial charge in [-0.05, 0) is 19.1 Å². The van der Waals surface area contributed by atoms with Gasteiger partial charge in [-0.15, -0.1) is 0 Å². The molecule has 126 valence electrons. The first kappa shape index (κ1) is 17.1. The number of aromatic nitrogens is 2. The Hall–Kier alpha value is -3.23. The minimum absolute atomic E-state index is 0.0396. The number of hydrogen-bond donors (Lipinski definition) is 2. The fraction of sp³-hybridized carbons (Fsp3) is 0.200. The van der Waals surface area contributed by atoms with Crippen molar-refractivity contribution in [1.29, 1.82) is 0 Å². The van der Waals surface area contributed by atoms with Gasteiger partial charge < -0.3 is 10.1 Å². The molecule has 1 atom stereocenters. The number of carbonyl (C=O) groups excluding carboxylic acids is 2. The van der Waals surface area contributed by atoms with E-state index in [-0.39, 0.29) is 5.69 Å². The second-order valence-corrected chi connectivity index (χ2v) is 4.84. The van der Waals surface area contributed by atoms with Gasteiger partial charge in [-0.1, -0.05) is 12.1 Å². The largest absolute Gasteiger partial charge is 0.451 e. The smallest absolute Gasteiger partial charge is 0.328 e. The Morgan fingerprint density at radius 2 is 2.00 bits per heavy atom. The Bertz CT molecular complexity index is 874. The molecule has 2 N–H and O–H groups in total. The van der Waals surface area contributed by atoms with Crippen LogP contribution in [0, 0.1) is 5.82 Å². The van der Waals surface area contributed by atoms with Crippen LogP contribution < -0.4 is 16.6 Å². The van der Waals surface area contributed by atoms with Gasteiger partial charge in [-0.3, -0.25) is 23.9 Å². The van der Waals surface area contributed by atoms with E-state index in [0.717, 1.165) is 16.8 Å². The van der Waals surface area contributed by atoms with Gasteiger partial charge in [0.05, 0.1) is 5.69 Å². The summed E-state index contributed by atoms with van der Waals surface area (Å²) in [5.74, 6) is -2.20. The third kappa shape index (κ3) is 4.38. The molecule has 2 aromatic rings. The lowest BCUT2D eigenvalue weighted by Crippen LogP contribution is -2.35. The predicted octanol–water partition coefficient (Wildman–Crippen LogP) is 0.246. The first-order chi connectivity index (χ1) is 11.4. The zero-order valence-corrected chi connectivity index (χ0v) is 12.6. The van der Waals surface area contributed by atoms with Crippen molar-refractivity contribution < 1.29 is 18.7 Å². The molecule has 0 radical (unpaired) electrons. The van der Waals surface area contributed by atoms with Crippen LogP contribution in [0.4, 0.5) is 10.1 Å². The Morgan fingerprint density at radius 3 is 2.67 bits per heavy atom. The highest BCUT2D eigenvalue weighted by Crippen LogP contribution is 2.13. The number of para-hydroxylation sites is 1. The summed E-state index contributed by atoms with van der Waals surface area (Å²) in [6.45, 7) is 0.830. The lowest BCUT2D eigenvalue weighted by Gasteiger charge is -2.14. The number of rotatable bonds is 5. The maximum absolute atomic E-state index is 13.5. The van der Waals surface area contributed by atoms with Crippen molar-refractivity contribution in [2.24, 2.45) is 0 Å². The lowest BCUT2D eigenvalue weighted by atomic mass is 10.3. The monoisotopic (exact) mass is 335 g/mol. The molecule has 1 aromatic carbocycles. The molecule has 1 amide bonds. The molecule has 1 aromatic heterocycles. The maximum Gasteiger partial charge on any atom is 0.328 e. The summed E-state index contributed by atoms with van der Waals surface area (Å²) < 4.78 is 19.3. The number of amides is 1. The molecule has 9 heteroatoms. The summed E-state index contributed by atoms with van der Waals surface area (Å²) in [7, 11) is 0. The van der Waals surface area contributed by atoms with Crippen LogP contribution in [0.3, 0.4) is 0 Å². The molecule has 0 aliphatic heterocycles. The van der Waals surface area contributed by atoms with Gasteiger partial charge in [0.15, 0.2) is 6.10 Å². The number of nitrogens with zero attached hydrogens (tertiary/aromatic N) is 1. The average Bonchev–Trinajstić information content (AvgIpc) is 2.52. The fourth-order valence-electron chi connectivity index (χ4n) is 1.79. The average molecular weight is 335 g/mol.